The van der Waals surface area contributed by atoms with E-state index in [0.717, 1.165) is 5.56 Å². The SMILES string of the molecule is COc1cc(NC=O)cc(-c2cc[c]cc2O)c1. The molecule has 0 aromatic heterocycles. The average molecular weight is 242 g/mol. The molecule has 1 amide bonds. The van der Waals surface area contributed by atoms with Gasteiger partial charge in [0.25, 0.3) is 0 Å². The predicted molar refractivity (Wildman–Crippen MR) is 68.6 cm³/mol. The lowest BCUT2D eigenvalue weighted by atomic mass is 10.0. The Morgan fingerprint density at radius 1 is 1.39 bits per heavy atom. The lowest BCUT2D eigenvalue weighted by Gasteiger charge is -2.09. The first-order valence-corrected chi connectivity index (χ1v) is 5.33. The molecule has 0 fully saturated rings. The number of phenols is 1. The molecule has 4 nitrogen and oxygen atoms in total. The van der Waals surface area contributed by atoms with Crippen LogP contribution in [-0.2, 0) is 4.79 Å². The predicted octanol–water partition coefficient (Wildman–Crippen LogP) is 2.44. The van der Waals surface area contributed by atoms with Gasteiger partial charge in [-0.3, -0.25) is 4.79 Å². The van der Waals surface area contributed by atoms with Gasteiger partial charge in [0.2, 0.25) is 6.41 Å². The minimum atomic E-state index is 0.128. The van der Waals surface area contributed by atoms with Crippen LogP contribution in [0.5, 0.6) is 11.5 Å². The van der Waals surface area contributed by atoms with Crippen molar-refractivity contribution in [2.75, 3.05) is 12.4 Å². The Morgan fingerprint density at radius 2 is 2.22 bits per heavy atom. The van der Waals surface area contributed by atoms with Gasteiger partial charge in [-0.25, -0.2) is 0 Å². The minimum Gasteiger partial charge on any atom is -0.507 e. The van der Waals surface area contributed by atoms with Crippen molar-refractivity contribution >= 4 is 12.1 Å². The van der Waals surface area contributed by atoms with Gasteiger partial charge < -0.3 is 15.2 Å². The fraction of sp³-hybridized carbons (Fsp3) is 0.0714. The monoisotopic (exact) mass is 242 g/mol. The van der Waals surface area contributed by atoms with E-state index in [4.69, 9.17) is 4.74 Å². The summed E-state index contributed by atoms with van der Waals surface area (Å²) in [6, 6.07) is 13.0. The van der Waals surface area contributed by atoms with Gasteiger partial charge >= 0.3 is 0 Å². The van der Waals surface area contributed by atoms with Crippen LogP contribution in [0.1, 0.15) is 0 Å². The van der Waals surface area contributed by atoms with Gasteiger partial charge in [0.1, 0.15) is 11.5 Å². The molecule has 2 N–H and O–H groups in total. The molecule has 2 aromatic carbocycles. The third-order valence-electron chi connectivity index (χ3n) is 2.52. The van der Waals surface area contributed by atoms with Gasteiger partial charge in [0.15, 0.2) is 0 Å². The molecule has 2 rings (SSSR count). The van der Waals surface area contributed by atoms with Crippen molar-refractivity contribution in [1.29, 1.82) is 0 Å². The van der Waals surface area contributed by atoms with Crippen molar-refractivity contribution in [2.24, 2.45) is 0 Å². The molecule has 1 radical (unpaired) electrons. The highest BCUT2D eigenvalue weighted by molar-refractivity contribution is 5.79. The Kier molecular flexibility index (Phi) is 3.48. The standard InChI is InChI=1S/C14H12NO3/c1-18-12-7-10(6-11(8-12)15-9-16)13-4-2-3-5-14(13)17/h2,4-9,17H,1H3,(H,15,16). The second-order valence-electron chi connectivity index (χ2n) is 3.66. The van der Waals surface area contributed by atoms with Gasteiger partial charge in [-0.2, -0.15) is 0 Å². The van der Waals surface area contributed by atoms with Crippen LogP contribution < -0.4 is 10.1 Å². The molecule has 0 atom stereocenters. The van der Waals surface area contributed by atoms with Crippen LogP contribution in [-0.4, -0.2) is 18.6 Å². The number of hydrogen-bond acceptors (Lipinski definition) is 3. The minimum absolute atomic E-state index is 0.128. The summed E-state index contributed by atoms with van der Waals surface area (Å²) >= 11 is 0. The molecule has 91 valence electrons. The van der Waals surface area contributed by atoms with Crippen molar-refractivity contribution in [3.05, 3.63) is 42.5 Å². The number of anilines is 1. The zero-order valence-electron chi connectivity index (χ0n) is 9.81. The van der Waals surface area contributed by atoms with E-state index >= 15 is 0 Å². The zero-order chi connectivity index (χ0) is 13.0. The van der Waals surface area contributed by atoms with E-state index in [-0.39, 0.29) is 5.75 Å². The summed E-state index contributed by atoms with van der Waals surface area (Å²) in [6.45, 7) is 0. The van der Waals surface area contributed by atoms with E-state index < -0.39 is 0 Å². The first-order chi connectivity index (χ1) is 8.74. The smallest absolute Gasteiger partial charge is 0.211 e. The van der Waals surface area contributed by atoms with Crippen LogP contribution in [0, 0.1) is 6.07 Å². The number of aromatic hydroxyl groups is 1. The van der Waals surface area contributed by atoms with Crippen molar-refractivity contribution in [2.45, 2.75) is 0 Å². The number of carbonyl (C=O) groups excluding carboxylic acids is 1. The number of amides is 1. The molecule has 0 aliphatic carbocycles. The molecule has 4 heteroatoms. The Labute approximate surface area is 105 Å². The topological polar surface area (TPSA) is 58.6 Å². The summed E-state index contributed by atoms with van der Waals surface area (Å²) < 4.78 is 5.16. The zero-order valence-corrected chi connectivity index (χ0v) is 9.81. The quantitative estimate of drug-likeness (QED) is 0.809. The molecule has 18 heavy (non-hydrogen) atoms. The van der Waals surface area contributed by atoms with Gasteiger partial charge in [0, 0.05) is 17.3 Å². The third-order valence-corrected chi connectivity index (χ3v) is 2.52. The molecular formula is C14H12NO3. The molecule has 0 aliphatic heterocycles. The second-order valence-corrected chi connectivity index (χ2v) is 3.66. The molecule has 2 aromatic rings. The molecular weight excluding hydrogens is 230 g/mol. The van der Waals surface area contributed by atoms with E-state index in [0.29, 0.717) is 23.4 Å². The van der Waals surface area contributed by atoms with Crippen molar-refractivity contribution in [3.8, 4) is 22.6 Å². The van der Waals surface area contributed by atoms with Crippen molar-refractivity contribution in [3.63, 3.8) is 0 Å². The fourth-order valence-corrected chi connectivity index (χ4v) is 1.69. The number of nitrogens with one attached hydrogen (secondary N) is 1. The molecule has 0 spiro atoms. The highest BCUT2D eigenvalue weighted by Gasteiger charge is 2.07. The van der Waals surface area contributed by atoms with E-state index in [1.807, 2.05) is 0 Å². The third kappa shape index (κ3) is 2.43. The Balaban J connectivity index is 2.53. The van der Waals surface area contributed by atoms with Crippen LogP contribution in [0.15, 0.2) is 36.4 Å². The van der Waals surface area contributed by atoms with Crippen LogP contribution in [0.2, 0.25) is 0 Å². The number of phenolic OH excluding ortho intramolecular Hbond substituents is 1. The maximum absolute atomic E-state index is 10.5. The molecule has 0 aliphatic rings. The van der Waals surface area contributed by atoms with E-state index in [2.05, 4.69) is 11.4 Å². The number of hydrogen-bond donors (Lipinski definition) is 2. The van der Waals surface area contributed by atoms with Crippen molar-refractivity contribution < 1.29 is 14.6 Å². The summed E-state index contributed by atoms with van der Waals surface area (Å²) in [5.74, 6) is 0.729. The maximum atomic E-state index is 10.5. The Bertz CT molecular complexity index is 567. The summed E-state index contributed by atoms with van der Waals surface area (Å²) in [4.78, 5) is 10.5. The average Bonchev–Trinajstić information content (AvgIpc) is 2.39. The van der Waals surface area contributed by atoms with Crippen LogP contribution >= 0.6 is 0 Å². The lowest BCUT2D eigenvalue weighted by Crippen LogP contribution is -1.95. The van der Waals surface area contributed by atoms with Crippen LogP contribution in [0.3, 0.4) is 0 Å². The maximum Gasteiger partial charge on any atom is 0.211 e. The molecule has 0 bridgehead atoms. The van der Waals surface area contributed by atoms with Crippen molar-refractivity contribution in [1.82, 2.24) is 0 Å². The van der Waals surface area contributed by atoms with E-state index in [1.54, 1.807) is 37.4 Å². The highest BCUT2D eigenvalue weighted by Crippen LogP contribution is 2.33. The summed E-state index contributed by atoms with van der Waals surface area (Å²) in [5, 5.41) is 12.3. The van der Waals surface area contributed by atoms with Gasteiger partial charge in [0.05, 0.1) is 7.11 Å². The first kappa shape index (κ1) is 12.0. The normalized spacial score (nSPS) is 9.83. The lowest BCUT2D eigenvalue weighted by molar-refractivity contribution is -0.105. The summed E-state index contributed by atoms with van der Waals surface area (Å²) in [7, 11) is 1.54. The molecule has 0 saturated heterocycles. The molecule has 0 unspecified atom stereocenters. The van der Waals surface area contributed by atoms with Crippen LogP contribution in [0.4, 0.5) is 5.69 Å². The van der Waals surface area contributed by atoms with Gasteiger partial charge in [-0.1, -0.05) is 12.1 Å². The highest BCUT2D eigenvalue weighted by atomic mass is 16.5. The number of ether oxygens (including phenoxy) is 1. The second kappa shape index (κ2) is 5.23. The number of benzene rings is 2. The Hall–Kier alpha value is -2.49. The van der Waals surface area contributed by atoms with E-state index in [1.165, 1.54) is 6.07 Å². The first-order valence-electron chi connectivity index (χ1n) is 5.33. The van der Waals surface area contributed by atoms with Crippen LogP contribution in [0.25, 0.3) is 11.1 Å². The number of methoxy groups -OCH3 is 1. The molecule has 0 saturated carbocycles. The summed E-state index contributed by atoms with van der Waals surface area (Å²) in [6.07, 6.45) is 0.594. The van der Waals surface area contributed by atoms with Gasteiger partial charge in [-0.05, 0) is 29.8 Å². The van der Waals surface area contributed by atoms with Gasteiger partial charge in [-0.15, -0.1) is 0 Å². The largest absolute Gasteiger partial charge is 0.507 e. The fourth-order valence-electron chi connectivity index (χ4n) is 1.69. The number of carbonyl (C=O) groups is 1. The summed E-state index contributed by atoms with van der Waals surface area (Å²) in [5.41, 5.74) is 2.01. The Morgan fingerprint density at radius 3 is 2.89 bits per heavy atom. The number of rotatable bonds is 4. The molecule has 0 heterocycles. The van der Waals surface area contributed by atoms with E-state index in [9.17, 15) is 9.90 Å².